The van der Waals surface area contributed by atoms with E-state index in [0.29, 0.717) is 38.3 Å². The molecule has 146 valence electrons. The monoisotopic (exact) mass is 381 g/mol. The highest BCUT2D eigenvalue weighted by molar-refractivity contribution is 6.09. The highest BCUT2D eigenvalue weighted by atomic mass is 19.1. The van der Waals surface area contributed by atoms with Crippen molar-refractivity contribution in [2.45, 2.75) is 12.3 Å². The Morgan fingerprint density at radius 1 is 1.07 bits per heavy atom. The van der Waals surface area contributed by atoms with Crippen molar-refractivity contribution in [1.29, 1.82) is 0 Å². The van der Waals surface area contributed by atoms with Crippen LogP contribution in [-0.2, 0) is 9.59 Å². The van der Waals surface area contributed by atoms with Crippen LogP contribution in [-0.4, -0.2) is 42.9 Å². The molecule has 0 aliphatic carbocycles. The van der Waals surface area contributed by atoms with E-state index in [9.17, 15) is 14.0 Å². The van der Waals surface area contributed by atoms with E-state index in [4.69, 9.17) is 5.73 Å². The molecular formula is C22H24FN3O2. The zero-order valence-electron chi connectivity index (χ0n) is 15.6. The van der Waals surface area contributed by atoms with E-state index in [1.54, 1.807) is 21.9 Å². The molecule has 6 heteroatoms. The molecule has 4 rings (SSSR count). The zero-order valence-corrected chi connectivity index (χ0v) is 15.6. The van der Waals surface area contributed by atoms with Crippen LogP contribution >= 0.6 is 0 Å². The summed E-state index contributed by atoms with van der Waals surface area (Å²) in [4.78, 5) is 29.3. The van der Waals surface area contributed by atoms with Gasteiger partial charge in [-0.25, -0.2) is 4.39 Å². The number of halogens is 1. The molecule has 0 spiro atoms. The summed E-state index contributed by atoms with van der Waals surface area (Å²) < 4.78 is 13.2. The fourth-order valence-electron chi connectivity index (χ4n) is 4.37. The average molecular weight is 381 g/mol. The Kier molecular flexibility index (Phi) is 5.13. The summed E-state index contributed by atoms with van der Waals surface area (Å²) in [6.07, 6.45) is 0.481. The van der Waals surface area contributed by atoms with Crippen molar-refractivity contribution >= 4 is 17.5 Å². The van der Waals surface area contributed by atoms with Gasteiger partial charge in [-0.15, -0.1) is 0 Å². The average Bonchev–Trinajstić information content (AvgIpc) is 3.33. The van der Waals surface area contributed by atoms with Crippen LogP contribution in [0.1, 0.15) is 17.9 Å². The van der Waals surface area contributed by atoms with Gasteiger partial charge in [0.1, 0.15) is 11.7 Å². The number of nitrogens with zero attached hydrogens (tertiary/aromatic N) is 2. The van der Waals surface area contributed by atoms with Gasteiger partial charge >= 0.3 is 0 Å². The van der Waals surface area contributed by atoms with Gasteiger partial charge in [0.15, 0.2) is 0 Å². The molecule has 0 saturated carbocycles. The van der Waals surface area contributed by atoms with Crippen LogP contribution in [0.4, 0.5) is 10.1 Å². The van der Waals surface area contributed by atoms with E-state index in [2.05, 4.69) is 12.1 Å². The van der Waals surface area contributed by atoms with Crippen molar-refractivity contribution in [3.8, 4) is 0 Å². The van der Waals surface area contributed by atoms with E-state index >= 15 is 0 Å². The molecule has 1 unspecified atom stereocenters. The number of benzene rings is 2. The maximum Gasteiger partial charge on any atom is 0.239 e. The first-order valence-electron chi connectivity index (χ1n) is 9.69. The second-order valence-corrected chi connectivity index (χ2v) is 7.56. The van der Waals surface area contributed by atoms with Gasteiger partial charge in [-0.2, -0.15) is 0 Å². The van der Waals surface area contributed by atoms with Crippen molar-refractivity contribution < 1.29 is 14.0 Å². The Morgan fingerprint density at radius 2 is 1.79 bits per heavy atom. The molecule has 2 aromatic carbocycles. The van der Waals surface area contributed by atoms with E-state index < -0.39 is 5.92 Å². The lowest BCUT2D eigenvalue weighted by atomic mass is 9.89. The number of carbonyl (C=O) groups is 2. The summed E-state index contributed by atoms with van der Waals surface area (Å²) in [7, 11) is 0. The predicted octanol–water partition coefficient (Wildman–Crippen LogP) is 2.38. The molecule has 2 aliphatic heterocycles. The van der Waals surface area contributed by atoms with Crippen LogP contribution in [0.25, 0.3) is 0 Å². The van der Waals surface area contributed by atoms with Gasteiger partial charge in [0.25, 0.3) is 0 Å². The number of likely N-dealkylation sites (tertiary alicyclic amines) is 1. The van der Waals surface area contributed by atoms with Gasteiger partial charge in [-0.3, -0.25) is 9.59 Å². The van der Waals surface area contributed by atoms with E-state index in [0.717, 1.165) is 0 Å². The lowest BCUT2D eigenvalue weighted by Crippen LogP contribution is -2.39. The van der Waals surface area contributed by atoms with Crippen molar-refractivity contribution in [2.75, 3.05) is 31.1 Å². The predicted molar refractivity (Wildman–Crippen MR) is 105 cm³/mol. The van der Waals surface area contributed by atoms with Gasteiger partial charge in [0.05, 0.1) is 0 Å². The van der Waals surface area contributed by atoms with Gasteiger partial charge < -0.3 is 15.5 Å². The quantitative estimate of drug-likeness (QED) is 0.827. The summed E-state index contributed by atoms with van der Waals surface area (Å²) >= 11 is 0. The first-order chi connectivity index (χ1) is 13.6. The number of rotatable bonds is 4. The van der Waals surface area contributed by atoms with Crippen molar-refractivity contribution in [3.05, 3.63) is 66.0 Å². The van der Waals surface area contributed by atoms with Gasteiger partial charge in [0.2, 0.25) is 11.8 Å². The fraction of sp³-hybridized carbons (Fsp3) is 0.364. The van der Waals surface area contributed by atoms with Crippen LogP contribution in [0.3, 0.4) is 0 Å². The lowest BCUT2D eigenvalue weighted by Gasteiger charge is -2.21. The molecule has 0 bridgehead atoms. The van der Waals surface area contributed by atoms with E-state index in [1.165, 1.54) is 17.7 Å². The van der Waals surface area contributed by atoms with Crippen LogP contribution in [0.15, 0.2) is 54.6 Å². The summed E-state index contributed by atoms with van der Waals surface area (Å²) in [5.74, 6) is -0.954. The Morgan fingerprint density at radius 3 is 2.46 bits per heavy atom. The largest absolute Gasteiger partial charge is 0.341 e. The molecule has 0 radical (unpaired) electrons. The molecule has 2 amide bonds. The summed E-state index contributed by atoms with van der Waals surface area (Å²) in [5.41, 5.74) is 7.78. The molecular weight excluding hydrogens is 357 g/mol. The Bertz CT molecular complexity index is 856. The first-order valence-corrected chi connectivity index (χ1v) is 9.69. The minimum Gasteiger partial charge on any atom is -0.341 e. The molecule has 28 heavy (non-hydrogen) atoms. The van der Waals surface area contributed by atoms with Crippen LogP contribution in [0.5, 0.6) is 0 Å². The highest BCUT2D eigenvalue weighted by Crippen LogP contribution is 2.34. The molecule has 2 saturated heterocycles. The molecule has 2 fully saturated rings. The molecule has 2 aromatic rings. The van der Waals surface area contributed by atoms with Crippen LogP contribution < -0.4 is 10.6 Å². The van der Waals surface area contributed by atoms with Gasteiger partial charge in [-0.05, 0) is 48.7 Å². The maximum atomic E-state index is 13.2. The van der Waals surface area contributed by atoms with Crippen LogP contribution in [0.2, 0.25) is 0 Å². The van der Waals surface area contributed by atoms with Gasteiger partial charge in [0, 0.05) is 31.2 Å². The zero-order chi connectivity index (χ0) is 19.7. The minimum atomic E-state index is -0.669. The second kappa shape index (κ2) is 7.72. The number of hydrogen-bond acceptors (Lipinski definition) is 3. The number of carbonyl (C=O) groups excluding carboxylic acids is 2. The highest BCUT2D eigenvalue weighted by Gasteiger charge is 2.43. The van der Waals surface area contributed by atoms with Crippen molar-refractivity contribution in [1.82, 2.24) is 4.90 Å². The molecule has 5 nitrogen and oxygen atoms in total. The molecule has 2 aliphatic rings. The number of amides is 2. The summed E-state index contributed by atoms with van der Waals surface area (Å²) in [6, 6.07) is 15.9. The van der Waals surface area contributed by atoms with E-state index in [-0.39, 0.29) is 29.5 Å². The normalized spacial score (nSPS) is 24.8. The Balaban J connectivity index is 1.47. The SMILES string of the molecule is NC[C@@H]1CN(C(=O)C2CCN(c3ccc(F)cc3)C2=O)C[C@H]1c1ccccc1. The van der Waals surface area contributed by atoms with Gasteiger partial charge in [-0.1, -0.05) is 30.3 Å². The van der Waals surface area contributed by atoms with Crippen LogP contribution in [0, 0.1) is 17.7 Å². The third-order valence-corrected chi connectivity index (χ3v) is 5.93. The summed E-state index contributed by atoms with van der Waals surface area (Å²) in [5, 5.41) is 0. The standard InChI is InChI=1S/C22H24FN3O2/c23-17-6-8-18(9-7-17)26-11-10-19(22(26)28)21(27)25-13-16(12-24)20(14-25)15-4-2-1-3-5-15/h1-9,16,19-20H,10-14,24H2/t16-,19?,20+/m1/s1. The number of nitrogens with two attached hydrogens (primary N) is 1. The number of hydrogen-bond donors (Lipinski definition) is 1. The van der Waals surface area contributed by atoms with Crippen molar-refractivity contribution in [2.24, 2.45) is 17.6 Å². The molecule has 0 aromatic heterocycles. The topological polar surface area (TPSA) is 66.6 Å². The number of anilines is 1. The van der Waals surface area contributed by atoms with Crippen molar-refractivity contribution in [3.63, 3.8) is 0 Å². The van der Waals surface area contributed by atoms with E-state index in [1.807, 2.05) is 18.2 Å². The second-order valence-electron chi connectivity index (χ2n) is 7.56. The fourth-order valence-corrected chi connectivity index (χ4v) is 4.37. The summed E-state index contributed by atoms with van der Waals surface area (Å²) in [6.45, 7) is 2.14. The maximum absolute atomic E-state index is 13.2. The Labute approximate surface area is 163 Å². The molecule has 2 heterocycles. The molecule has 2 N–H and O–H groups in total. The lowest BCUT2D eigenvalue weighted by molar-refractivity contribution is -0.139. The minimum absolute atomic E-state index is 0.119. The smallest absolute Gasteiger partial charge is 0.239 e. The Hall–Kier alpha value is -2.73. The molecule has 3 atom stereocenters. The third kappa shape index (κ3) is 3.40. The first kappa shape index (κ1) is 18.6. The third-order valence-electron chi connectivity index (χ3n) is 5.93.